The summed E-state index contributed by atoms with van der Waals surface area (Å²) in [5.74, 6) is -0.387. The number of allylic oxidation sites excluding steroid dienone is 5. The van der Waals surface area contributed by atoms with Gasteiger partial charge in [-0.3, -0.25) is 0 Å². The summed E-state index contributed by atoms with van der Waals surface area (Å²) in [4.78, 5) is 11.8. The summed E-state index contributed by atoms with van der Waals surface area (Å²) in [5, 5.41) is 30.2. The maximum Gasteiger partial charge on any atom is 0.331 e. The Kier molecular flexibility index (Phi) is 10.8. The van der Waals surface area contributed by atoms with Gasteiger partial charge in [-0.05, 0) is 39.0 Å². The molecular weight excluding hydrogens is 384 g/mol. The first-order valence-corrected chi connectivity index (χ1v) is 10.7. The van der Waals surface area contributed by atoms with Crippen molar-refractivity contribution >= 4 is 5.97 Å². The van der Waals surface area contributed by atoms with E-state index in [-0.39, 0.29) is 24.3 Å². The normalized spacial score (nSPS) is 39.0. The number of hydrogen-bond acceptors (Lipinski definition) is 6. The van der Waals surface area contributed by atoms with Crippen molar-refractivity contribution in [3.63, 3.8) is 0 Å². The molecule has 3 heterocycles. The van der Waals surface area contributed by atoms with Gasteiger partial charge in [0, 0.05) is 12.5 Å². The molecule has 0 aliphatic carbocycles. The lowest BCUT2D eigenvalue weighted by Crippen LogP contribution is -2.53. The molecule has 1 fully saturated rings. The van der Waals surface area contributed by atoms with Gasteiger partial charge in [0.2, 0.25) is 0 Å². The topological polar surface area (TPSA) is 96.2 Å². The van der Waals surface area contributed by atoms with E-state index in [1.54, 1.807) is 36.5 Å². The average Bonchev–Trinajstić information content (AvgIpc) is 2.70. The highest BCUT2D eigenvalue weighted by Gasteiger charge is 2.40. The number of carbonyl (C=O) groups is 1. The number of fused-ring (bicyclic) bond motifs is 15. The number of ether oxygens (including phenoxy) is 2. The molecule has 166 valence electrons. The lowest BCUT2D eigenvalue weighted by Gasteiger charge is -2.41. The van der Waals surface area contributed by atoms with Gasteiger partial charge in [0.25, 0.3) is 0 Å². The lowest BCUT2D eigenvalue weighted by atomic mass is 9.94. The summed E-state index contributed by atoms with van der Waals surface area (Å²) in [5.41, 5.74) is 0. The van der Waals surface area contributed by atoms with Crippen molar-refractivity contribution in [3.8, 4) is 0 Å². The van der Waals surface area contributed by atoms with Crippen LogP contribution >= 0.6 is 0 Å². The number of rotatable bonds is 0. The Hall–Kier alpha value is -1.99. The van der Waals surface area contributed by atoms with E-state index in [0.29, 0.717) is 19.3 Å². The second-order valence-electron chi connectivity index (χ2n) is 7.76. The summed E-state index contributed by atoms with van der Waals surface area (Å²) < 4.78 is 11.0. The Morgan fingerprint density at radius 1 is 0.967 bits per heavy atom. The summed E-state index contributed by atoms with van der Waals surface area (Å²) in [6.45, 7) is 1.86. The SMILES string of the molecule is C[C@@H]1CCC/C=C/[C@@H]2O[C@H](C[C@@H](O)C/C=C\C=C\[C@@H](O)C/C=C/C=CC(=O)O1)C2O. The number of aliphatic hydroxyl groups excluding tert-OH is 3. The molecule has 6 nitrogen and oxygen atoms in total. The van der Waals surface area contributed by atoms with Gasteiger partial charge in [-0.15, -0.1) is 0 Å². The first-order chi connectivity index (χ1) is 14.5. The van der Waals surface area contributed by atoms with Crippen LogP contribution in [0.4, 0.5) is 0 Å². The van der Waals surface area contributed by atoms with Gasteiger partial charge in [0.05, 0.1) is 24.4 Å². The van der Waals surface area contributed by atoms with E-state index in [4.69, 9.17) is 9.47 Å². The molecule has 0 amide bonds. The molecule has 0 radical (unpaired) electrons. The van der Waals surface area contributed by atoms with Crippen molar-refractivity contribution in [2.45, 2.75) is 82.1 Å². The Labute approximate surface area is 178 Å². The highest BCUT2D eigenvalue weighted by atomic mass is 16.6. The zero-order valence-corrected chi connectivity index (χ0v) is 17.5. The Morgan fingerprint density at radius 2 is 1.73 bits per heavy atom. The third-order valence-electron chi connectivity index (χ3n) is 5.02. The van der Waals surface area contributed by atoms with Gasteiger partial charge in [-0.1, -0.05) is 54.7 Å². The number of carbonyl (C=O) groups excluding carboxylic acids is 1. The van der Waals surface area contributed by atoms with Crippen LogP contribution in [0, 0.1) is 0 Å². The quantitative estimate of drug-likeness (QED) is 0.414. The highest BCUT2D eigenvalue weighted by Crippen LogP contribution is 2.27. The molecule has 0 saturated carbocycles. The fraction of sp³-hybridized carbons (Fsp3) is 0.542. The van der Waals surface area contributed by atoms with E-state index in [0.717, 1.165) is 19.3 Å². The minimum atomic E-state index is -0.634. The maximum absolute atomic E-state index is 11.8. The standard InChI is InChI=1S/C24H34O6/c1-18-11-5-2-9-15-21-24(28)22(30-21)17-20(26)14-8-3-6-12-19(25)13-7-4-10-16-23(27)29-18/h3-4,6-10,12,15-16,18-22,24-26,28H,2,5,11,13-14,17H2,1H3/b7-4+,8-3-,12-6+,15-9+,16-10?/t18-,19-,20+,21+,22-,24?/m1/s1. The summed E-state index contributed by atoms with van der Waals surface area (Å²) in [6.07, 6.45) is 18.2. The minimum Gasteiger partial charge on any atom is -0.460 e. The third-order valence-corrected chi connectivity index (χ3v) is 5.02. The molecule has 1 saturated heterocycles. The van der Waals surface area contributed by atoms with Crippen LogP contribution in [0.1, 0.15) is 45.4 Å². The monoisotopic (exact) mass is 418 g/mol. The molecule has 3 aliphatic rings. The largest absolute Gasteiger partial charge is 0.460 e. The molecule has 3 aliphatic heterocycles. The number of esters is 1. The van der Waals surface area contributed by atoms with Crippen LogP contribution in [0.25, 0.3) is 0 Å². The van der Waals surface area contributed by atoms with Gasteiger partial charge in [0.1, 0.15) is 12.2 Å². The molecule has 1 unspecified atom stereocenters. The molecule has 0 aromatic rings. The second-order valence-corrected chi connectivity index (χ2v) is 7.76. The Morgan fingerprint density at radius 3 is 2.53 bits per heavy atom. The van der Waals surface area contributed by atoms with Crippen molar-refractivity contribution in [3.05, 3.63) is 60.8 Å². The lowest BCUT2D eigenvalue weighted by molar-refractivity contribution is -0.209. The van der Waals surface area contributed by atoms with Crippen LogP contribution in [-0.2, 0) is 14.3 Å². The maximum atomic E-state index is 11.8. The predicted octanol–water partition coefficient (Wildman–Crippen LogP) is 2.90. The summed E-state index contributed by atoms with van der Waals surface area (Å²) >= 11 is 0. The van der Waals surface area contributed by atoms with Crippen molar-refractivity contribution in [1.82, 2.24) is 0 Å². The van der Waals surface area contributed by atoms with Crippen LogP contribution < -0.4 is 0 Å². The third kappa shape index (κ3) is 9.22. The van der Waals surface area contributed by atoms with Gasteiger partial charge in [-0.2, -0.15) is 0 Å². The first-order valence-electron chi connectivity index (χ1n) is 10.7. The van der Waals surface area contributed by atoms with Crippen molar-refractivity contribution < 1.29 is 29.6 Å². The molecule has 3 rings (SSSR count). The van der Waals surface area contributed by atoms with Crippen LogP contribution in [-0.4, -0.2) is 57.9 Å². The van der Waals surface area contributed by atoms with E-state index in [1.807, 2.05) is 25.2 Å². The van der Waals surface area contributed by atoms with Crippen LogP contribution in [0.5, 0.6) is 0 Å². The molecule has 3 N–H and O–H groups in total. The summed E-state index contributed by atoms with van der Waals surface area (Å²) in [7, 11) is 0. The fourth-order valence-electron chi connectivity index (χ4n) is 3.27. The minimum absolute atomic E-state index is 0.179. The second kappa shape index (κ2) is 13.3. The molecule has 0 spiro atoms. The molecule has 6 atom stereocenters. The van der Waals surface area contributed by atoms with Crippen LogP contribution in [0.3, 0.4) is 0 Å². The number of aliphatic hydroxyl groups is 3. The smallest absolute Gasteiger partial charge is 0.331 e. The zero-order valence-electron chi connectivity index (χ0n) is 17.5. The molecule has 0 aromatic carbocycles. The summed E-state index contributed by atoms with van der Waals surface area (Å²) in [6, 6.07) is 0. The molecule has 0 aromatic heterocycles. The molecule has 30 heavy (non-hydrogen) atoms. The van der Waals surface area contributed by atoms with Gasteiger partial charge >= 0.3 is 5.97 Å². The first kappa shape index (κ1) is 24.3. The van der Waals surface area contributed by atoms with Gasteiger partial charge in [0.15, 0.2) is 0 Å². The molecular formula is C24H34O6. The van der Waals surface area contributed by atoms with E-state index in [1.165, 1.54) is 6.08 Å². The highest BCUT2D eigenvalue weighted by molar-refractivity contribution is 5.82. The van der Waals surface area contributed by atoms with Crippen LogP contribution in [0.2, 0.25) is 0 Å². The van der Waals surface area contributed by atoms with E-state index < -0.39 is 18.3 Å². The zero-order chi connectivity index (χ0) is 21.8. The van der Waals surface area contributed by atoms with Crippen molar-refractivity contribution in [2.24, 2.45) is 0 Å². The Balaban J connectivity index is 1.91. The van der Waals surface area contributed by atoms with E-state index >= 15 is 0 Å². The fourth-order valence-corrected chi connectivity index (χ4v) is 3.27. The van der Waals surface area contributed by atoms with Crippen LogP contribution in [0.15, 0.2) is 60.8 Å². The number of hydrogen-bond donors (Lipinski definition) is 3. The van der Waals surface area contributed by atoms with E-state index in [9.17, 15) is 20.1 Å². The van der Waals surface area contributed by atoms with Gasteiger partial charge < -0.3 is 24.8 Å². The predicted molar refractivity (Wildman–Crippen MR) is 116 cm³/mol. The van der Waals surface area contributed by atoms with Crippen molar-refractivity contribution in [2.75, 3.05) is 0 Å². The van der Waals surface area contributed by atoms with E-state index in [2.05, 4.69) is 0 Å². The average molecular weight is 419 g/mol. The molecule has 6 heteroatoms. The Bertz CT molecular complexity index is 663. The van der Waals surface area contributed by atoms with Crippen molar-refractivity contribution in [1.29, 1.82) is 0 Å². The molecule has 2 bridgehead atoms. The van der Waals surface area contributed by atoms with Gasteiger partial charge in [-0.25, -0.2) is 4.79 Å².